The number of hydrogen-bond donors (Lipinski definition) is 2. The van der Waals surface area contributed by atoms with E-state index >= 15 is 0 Å². The molecule has 1 aliphatic rings. The zero-order valence-electron chi connectivity index (χ0n) is 15.3. The van der Waals surface area contributed by atoms with E-state index in [1.54, 1.807) is 30.3 Å². The van der Waals surface area contributed by atoms with Crippen LogP contribution in [0.1, 0.15) is 29.8 Å². The average Bonchev–Trinajstić information content (AvgIpc) is 2.66. The lowest BCUT2D eigenvalue weighted by Gasteiger charge is -2.18. The van der Waals surface area contributed by atoms with Crippen molar-refractivity contribution in [1.29, 1.82) is 0 Å². The molecule has 0 saturated heterocycles. The Hall–Kier alpha value is -3.28. The first-order chi connectivity index (χ1) is 13.0. The van der Waals surface area contributed by atoms with Gasteiger partial charge in [0.1, 0.15) is 13.2 Å². The number of ether oxygens (including phenoxy) is 2. The number of anilines is 1. The number of urea groups is 1. The van der Waals surface area contributed by atoms with Gasteiger partial charge >= 0.3 is 6.03 Å². The summed E-state index contributed by atoms with van der Waals surface area (Å²) in [6.07, 6.45) is 3.25. The number of rotatable bonds is 5. The number of allylic oxidation sites excluding steroid dienone is 1. The van der Waals surface area contributed by atoms with Gasteiger partial charge in [0.25, 0.3) is 0 Å². The van der Waals surface area contributed by atoms with Crippen molar-refractivity contribution in [1.82, 2.24) is 5.32 Å². The van der Waals surface area contributed by atoms with Crippen LogP contribution in [0.25, 0.3) is 6.08 Å². The van der Waals surface area contributed by atoms with Gasteiger partial charge in [-0.05, 0) is 61.9 Å². The highest BCUT2D eigenvalue weighted by atomic mass is 16.6. The summed E-state index contributed by atoms with van der Waals surface area (Å²) in [5.74, 6) is 1.28. The molecule has 6 nitrogen and oxygen atoms in total. The van der Waals surface area contributed by atoms with E-state index < -0.39 is 0 Å². The van der Waals surface area contributed by atoms with Crippen LogP contribution < -0.4 is 20.1 Å². The molecule has 1 heterocycles. The number of hydrogen-bond acceptors (Lipinski definition) is 4. The van der Waals surface area contributed by atoms with Crippen LogP contribution in [0.3, 0.4) is 0 Å². The van der Waals surface area contributed by atoms with Crippen LogP contribution in [0.2, 0.25) is 0 Å². The van der Waals surface area contributed by atoms with Crippen LogP contribution in [-0.4, -0.2) is 31.1 Å². The normalized spacial score (nSPS) is 12.9. The highest BCUT2D eigenvalue weighted by molar-refractivity contribution is 6.07. The highest BCUT2D eigenvalue weighted by Gasteiger charge is 2.11. The molecule has 1 aliphatic heterocycles. The summed E-state index contributed by atoms with van der Waals surface area (Å²) in [6, 6.07) is 12.1. The number of ketones is 1. The van der Waals surface area contributed by atoms with Crippen LogP contribution in [-0.2, 0) is 0 Å². The fourth-order valence-electron chi connectivity index (χ4n) is 2.58. The highest BCUT2D eigenvalue weighted by Crippen LogP contribution is 2.31. The molecular formula is C21H22N2O4. The van der Waals surface area contributed by atoms with Gasteiger partial charge in [0, 0.05) is 17.3 Å². The predicted molar refractivity (Wildman–Crippen MR) is 105 cm³/mol. The third kappa shape index (κ3) is 5.10. The molecule has 27 heavy (non-hydrogen) atoms. The molecule has 0 saturated carbocycles. The minimum absolute atomic E-state index is 0.0524. The third-order valence-corrected chi connectivity index (χ3v) is 3.84. The van der Waals surface area contributed by atoms with Crippen molar-refractivity contribution < 1.29 is 19.1 Å². The molecule has 0 aromatic heterocycles. The SMILES string of the molecule is CC(C)NC(=O)Nc1ccc(C(=O)C=Cc2ccc3c(c2)OCCO3)cc1. The van der Waals surface area contributed by atoms with Crippen molar-refractivity contribution in [3.05, 3.63) is 59.7 Å². The maximum atomic E-state index is 12.3. The van der Waals surface area contributed by atoms with E-state index in [-0.39, 0.29) is 17.9 Å². The Kier molecular flexibility index (Phi) is 5.76. The minimum atomic E-state index is -0.275. The lowest BCUT2D eigenvalue weighted by Crippen LogP contribution is -2.34. The Morgan fingerprint density at radius 3 is 2.41 bits per heavy atom. The molecule has 6 heteroatoms. The van der Waals surface area contributed by atoms with Gasteiger partial charge in [-0.15, -0.1) is 0 Å². The molecule has 2 aromatic rings. The summed E-state index contributed by atoms with van der Waals surface area (Å²) in [5.41, 5.74) is 2.02. The Morgan fingerprint density at radius 2 is 1.70 bits per heavy atom. The second kappa shape index (κ2) is 8.40. The van der Waals surface area contributed by atoms with E-state index in [0.717, 1.165) is 5.56 Å². The van der Waals surface area contributed by atoms with E-state index in [9.17, 15) is 9.59 Å². The molecule has 140 valence electrons. The largest absolute Gasteiger partial charge is 0.486 e. The van der Waals surface area contributed by atoms with E-state index in [2.05, 4.69) is 10.6 Å². The molecule has 0 bridgehead atoms. The van der Waals surface area contributed by atoms with Crippen molar-refractivity contribution in [2.75, 3.05) is 18.5 Å². The van der Waals surface area contributed by atoms with Crippen LogP contribution in [0.5, 0.6) is 11.5 Å². The van der Waals surface area contributed by atoms with Crippen molar-refractivity contribution in [2.24, 2.45) is 0 Å². The smallest absolute Gasteiger partial charge is 0.319 e. The molecule has 2 N–H and O–H groups in total. The van der Waals surface area contributed by atoms with Crippen LogP contribution >= 0.6 is 0 Å². The lowest BCUT2D eigenvalue weighted by molar-refractivity contribution is 0.104. The van der Waals surface area contributed by atoms with E-state index in [1.165, 1.54) is 6.08 Å². The van der Waals surface area contributed by atoms with Gasteiger partial charge in [-0.3, -0.25) is 4.79 Å². The minimum Gasteiger partial charge on any atom is -0.486 e. The first-order valence-corrected chi connectivity index (χ1v) is 8.81. The van der Waals surface area contributed by atoms with Crippen LogP contribution in [0.15, 0.2) is 48.5 Å². The Balaban J connectivity index is 1.62. The molecule has 0 aliphatic carbocycles. The van der Waals surface area contributed by atoms with E-state index in [4.69, 9.17) is 9.47 Å². The van der Waals surface area contributed by atoms with Crippen LogP contribution in [0.4, 0.5) is 10.5 Å². The fourth-order valence-corrected chi connectivity index (χ4v) is 2.58. The van der Waals surface area contributed by atoms with E-state index in [1.807, 2.05) is 32.0 Å². The summed E-state index contributed by atoms with van der Waals surface area (Å²) in [5, 5.41) is 5.46. The second-order valence-electron chi connectivity index (χ2n) is 6.43. The van der Waals surface area contributed by atoms with Crippen molar-refractivity contribution >= 4 is 23.6 Å². The van der Waals surface area contributed by atoms with Gasteiger partial charge < -0.3 is 20.1 Å². The number of carbonyl (C=O) groups is 2. The Labute approximate surface area is 158 Å². The number of benzene rings is 2. The summed E-state index contributed by atoms with van der Waals surface area (Å²) < 4.78 is 11.0. The third-order valence-electron chi connectivity index (χ3n) is 3.84. The Bertz CT molecular complexity index is 857. The number of fused-ring (bicyclic) bond motifs is 1. The molecule has 0 spiro atoms. The van der Waals surface area contributed by atoms with Gasteiger partial charge in [-0.1, -0.05) is 12.1 Å². The molecule has 2 aromatic carbocycles. The molecule has 0 radical (unpaired) electrons. The molecule has 0 atom stereocenters. The topological polar surface area (TPSA) is 76.7 Å². The quantitative estimate of drug-likeness (QED) is 0.622. The van der Waals surface area contributed by atoms with Gasteiger partial charge in [0.15, 0.2) is 17.3 Å². The molecule has 3 rings (SSSR count). The standard InChI is InChI=1S/C21H22N2O4/c1-14(2)22-21(25)23-17-7-5-16(6-8-17)18(24)9-3-15-4-10-19-20(13-15)27-12-11-26-19/h3-10,13-14H,11-12H2,1-2H3,(H2,22,23,25). The predicted octanol–water partition coefficient (Wildman–Crippen LogP) is 3.88. The number of amides is 2. The van der Waals surface area contributed by atoms with Crippen molar-refractivity contribution in [2.45, 2.75) is 19.9 Å². The lowest BCUT2D eigenvalue weighted by atomic mass is 10.1. The van der Waals surface area contributed by atoms with Gasteiger partial charge in [-0.25, -0.2) is 4.79 Å². The molecule has 0 unspecified atom stereocenters. The van der Waals surface area contributed by atoms with Crippen molar-refractivity contribution in [3.63, 3.8) is 0 Å². The average molecular weight is 366 g/mol. The summed E-state index contributed by atoms with van der Waals surface area (Å²) >= 11 is 0. The Morgan fingerprint density at radius 1 is 1.00 bits per heavy atom. The first-order valence-electron chi connectivity index (χ1n) is 8.81. The maximum Gasteiger partial charge on any atom is 0.319 e. The number of nitrogens with one attached hydrogen (secondary N) is 2. The fraction of sp³-hybridized carbons (Fsp3) is 0.238. The zero-order valence-corrected chi connectivity index (χ0v) is 15.3. The van der Waals surface area contributed by atoms with E-state index in [0.29, 0.717) is 36.0 Å². The summed E-state index contributed by atoms with van der Waals surface area (Å²) in [6.45, 7) is 4.84. The number of carbonyl (C=O) groups excluding carboxylic acids is 2. The second-order valence-corrected chi connectivity index (χ2v) is 6.43. The van der Waals surface area contributed by atoms with Gasteiger partial charge in [0.2, 0.25) is 0 Å². The zero-order chi connectivity index (χ0) is 19.2. The van der Waals surface area contributed by atoms with Crippen LogP contribution in [0, 0.1) is 0 Å². The van der Waals surface area contributed by atoms with Gasteiger partial charge in [0.05, 0.1) is 0 Å². The molecule has 0 fully saturated rings. The monoisotopic (exact) mass is 366 g/mol. The van der Waals surface area contributed by atoms with Gasteiger partial charge in [-0.2, -0.15) is 0 Å². The molecular weight excluding hydrogens is 344 g/mol. The first kappa shape index (κ1) is 18.5. The summed E-state index contributed by atoms with van der Waals surface area (Å²) in [7, 11) is 0. The molecule has 2 amide bonds. The maximum absolute atomic E-state index is 12.3. The van der Waals surface area contributed by atoms with Crippen molar-refractivity contribution in [3.8, 4) is 11.5 Å². The summed E-state index contributed by atoms with van der Waals surface area (Å²) in [4.78, 5) is 24.0.